The summed E-state index contributed by atoms with van der Waals surface area (Å²) in [5.74, 6) is 0.112. The van der Waals surface area contributed by atoms with E-state index in [1.807, 2.05) is 30.3 Å². The van der Waals surface area contributed by atoms with Crippen LogP contribution in [0.5, 0.6) is 0 Å². The summed E-state index contributed by atoms with van der Waals surface area (Å²) in [6, 6.07) is 7.51. The van der Waals surface area contributed by atoms with Gasteiger partial charge in [0.2, 0.25) is 0 Å². The van der Waals surface area contributed by atoms with Crippen LogP contribution in [0.15, 0.2) is 35.2 Å². The fourth-order valence-electron chi connectivity index (χ4n) is 1.88. The molecule has 0 heterocycles. The average Bonchev–Trinajstić information content (AvgIpc) is 2.72. The van der Waals surface area contributed by atoms with Gasteiger partial charge < -0.3 is 5.11 Å². The van der Waals surface area contributed by atoms with Gasteiger partial charge in [-0.25, -0.2) is 0 Å². The highest BCUT2D eigenvalue weighted by Gasteiger charge is 2.15. The quantitative estimate of drug-likeness (QED) is 0.886. The number of carbonyl (C=O) groups excluding carboxylic acids is 1. The van der Waals surface area contributed by atoms with Gasteiger partial charge in [-0.1, -0.05) is 30.3 Å². The molecule has 0 bridgehead atoms. The zero-order valence-corrected chi connectivity index (χ0v) is 10.7. The largest absolute Gasteiger partial charge is 0.481 e. The highest BCUT2D eigenvalue weighted by atomic mass is 32.2. The van der Waals surface area contributed by atoms with E-state index in [1.54, 1.807) is 0 Å². The molecular weight excluding hydrogens is 248 g/mol. The normalized spacial score (nSPS) is 14.7. The van der Waals surface area contributed by atoms with Gasteiger partial charge in [-0.2, -0.15) is 0 Å². The first-order valence-corrected chi connectivity index (χ1v) is 6.79. The minimum absolute atomic E-state index is 0.0418. The summed E-state index contributed by atoms with van der Waals surface area (Å²) in [7, 11) is 0. The van der Waals surface area contributed by atoms with Crippen molar-refractivity contribution in [1.82, 2.24) is 0 Å². The molecule has 0 aromatic heterocycles. The Labute approximate surface area is 110 Å². The Bertz CT molecular complexity index is 506. The SMILES string of the molecule is O=C(O)Cc1cccc(CSC2=CCCC2=O)c1. The van der Waals surface area contributed by atoms with Crippen LogP contribution in [0.3, 0.4) is 0 Å². The number of carbonyl (C=O) groups is 2. The van der Waals surface area contributed by atoms with Crippen molar-refractivity contribution < 1.29 is 14.7 Å². The third-order valence-electron chi connectivity index (χ3n) is 2.72. The summed E-state index contributed by atoms with van der Waals surface area (Å²) >= 11 is 1.54. The lowest BCUT2D eigenvalue weighted by atomic mass is 10.1. The molecule has 3 nitrogen and oxygen atoms in total. The second kappa shape index (κ2) is 5.87. The highest BCUT2D eigenvalue weighted by molar-refractivity contribution is 8.03. The molecule has 18 heavy (non-hydrogen) atoms. The molecule has 94 valence electrons. The number of allylic oxidation sites excluding steroid dienone is 2. The van der Waals surface area contributed by atoms with Crippen molar-refractivity contribution in [1.29, 1.82) is 0 Å². The van der Waals surface area contributed by atoms with Crippen molar-refractivity contribution in [2.75, 3.05) is 0 Å². The number of hydrogen-bond donors (Lipinski definition) is 1. The van der Waals surface area contributed by atoms with Crippen LogP contribution < -0.4 is 0 Å². The van der Waals surface area contributed by atoms with Gasteiger partial charge in [-0.3, -0.25) is 9.59 Å². The molecule has 0 saturated carbocycles. The molecule has 1 aliphatic rings. The topological polar surface area (TPSA) is 54.4 Å². The second-order valence-corrected chi connectivity index (χ2v) is 5.23. The van der Waals surface area contributed by atoms with Gasteiger partial charge in [0.1, 0.15) is 0 Å². The zero-order chi connectivity index (χ0) is 13.0. The van der Waals surface area contributed by atoms with E-state index in [9.17, 15) is 9.59 Å². The number of carboxylic acid groups (broad SMARTS) is 1. The summed E-state index contributed by atoms with van der Waals surface area (Å²) in [5.41, 5.74) is 1.85. The Kier molecular flexibility index (Phi) is 4.20. The first-order chi connectivity index (χ1) is 8.65. The number of aliphatic carboxylic acids is 1. The number of benzene rings is 1. The Morgan fingerprint density at radius 1 is 1.33 bits per heavy atom. The van der Waals surface area contributed by atoms with E-state index in [2.05, 4.69) is 0 Å². The van der Waals surface area contributed by atoms with Crippen LogP contribution in [-0.4, -0.2) is 16.9 Å². The molecule has 2 rings (SSSR count). The molecule has 0 unspecified atom stereocenters. The summed E-state index contributed by atoms with van der Waals surface area (Å²) in [5, 5.41) is 8.74. The molecular formula is C14H14O3S. The summed E-state index contributed by atoms with van der Waals surface area (Å²) in [6.45, 7) is 0. The van der Waals surface area contributed by atoms with Crippen LogP contribution in [-0.2, 0) is 21.8 Å². The Morgan fingerprint density at radius 2 is 2.11 bits per heavy atom. The number of rotatable bonds is 5. The van der Waals surface area contributed by atoms with E-state index >= 15 is 0 Å². The van der Waals surface area contributed by atoms with Crippen LogP contribution in [0.4, 0.5) is 0 Å². The third-order valence-corrected chi connectivity index (χ3v) is 3.90. The molecule has 0 radical (unpaired) electrons. The molecule has 0 amide bonds. The highest BCUT2D eigenvalue weighted by Crippen LogP contribution is 2.28. The molecule has 0 atom stereocenters. The Morgan fingerprint density at radius 3 is 2.78 bits per heavy atom. The third kappa shape index (κ3) is 3.47. The molecule has 1 aromatic carbocycles. The molecule has 4 heteroatoms. The zero-order valence-electron chi connectivity index (χ0n) is 9.89. The van der Waals surface area contributed by atoms with Crippen LogP contribution in [0.2, 0.25) is 0 Å². The minimum atomic E-state index is -0.825. The van der Waals surface area contributed by atoms with Gasteiger partial charge >= 0.3 is 5.97 Å². The first-order valence-electron chi connectivity index (χ1n) is 5.81. The van der Waals surface area contributed by atoms with E-state index in [0.29, 0.717) is 12.2 Å². The molecule has 0 spiro atoms. The van der Waals surface area contributed by atoms with Crippen molar-refractivity contribution >= 4 is 23.5 Å². The Balaban J connectivity index is 1.97. The smallest absolute Gasteiger partial charge is 0.307 e. The van der Waals surface area contributed by atoms with Crippen LogP contribution in [0.25, 0.3) is 0 Å². The van der Waals surface area contributed by atoms with E-state index < -0.39 is 5.97 Å². The number of thioether (sulfide) groups is 1. The Hall–Kier alpha value is -1.55. The lowest BCUT2D eigenvalue weighted by Gasteiger charge is -2.04. The molecule has 1 N–H and O–H groups in total. The number of Topliss-reactive ketones (excluding diaryl/α,β-unsaturated/α-hetero) is 1. The van der Waals surface area contributed by atoms with E-state index in [0.717, 1.165) is 22.5 Å². The van der Waals surface area contributed by atoms with Crippen molar-refractivity contribution in [3.8, 4) is 0 Å². The lowest BCUT2D eigenvalue weighted by molar-refractivity contribution is -0.136. The van der Waals surface area contributed by atoms with Crippen LogP contribution in [0, 0.1) is 0 Å². The summed E-state index contributed by atoms with van der Waals surface area (Å²) in [6.07, 6.45) is 3.50. The average molecular weight is 262 g/mol. The molecule has 0 fully saturated rings. The van der Waals surface area contributed by atoms with Crippen LogP contribution in [0.1, 0.15) is 24.0 Å². The molecule has 1 aliphatic carbocycles. The van der Waals surface area contributed by atoms with E-state index in [-0.39, 0.29) is 12.2 Å². The minimum Gasteiger partial charge on any atom is -0.481 e. The second-order valence-electron chi connectivity index (χ2n) is 4.21. The standard InChI is InChI=1S/C14H14O3S/c15-12-5-2-6-13(12)18-9-11-4-1-3-10(7-11)8-14(16)17/h1,3-4,6-7H,2,5,8-9H2,(H,16,17). The van der Waals surface area contributed by atoms with Gasteiger partial charge in [0, 0.05) is 17.1 Å². The monoisotopic (exact) mass is 262 g/mol. The van der Waals surface area contributed by atoms with E-state index in [1.165, 1.54) is 11.8 Å². The summed E-state index contributed by atoms with van der Waals surface area (Å²) in [4.78, 5) is 22.9. The first kappa shape index (κ1) is 12.9. The maximum Gasteiger partial charge on any atom is 0.307 e. The predicted molar refractivity (Wildman–Crippen MR) is 71.4 cm³/mol. The van der Waals surface area contributed by atoms with E-state index in [4.69, 9.17) is 5.11 Å². The van der Waals surface area contributed by atoms with Crippen molar-refractivity contribution in [2.24, 2.45) is 0 Å². The van der Waals surface area contributed by atoms with Crippen molar-refractivity contribution in [2.45, 2.75) is 25.0 Å². The van der Waals surface area contributed by atoms with Gasteiger partial charge in [0.05, 0.1) is 6.42 Å². The van der Waals surface area contributed by atoms with Gasteiger partial charge in [0.15, 0.2) is 5.78 Å². The van der Waals surface area contributed by atoms with Crippen LogP contribution >= 0.6 is 11.8 Å². The number of carboxylic acids is 1. The predicted octanol–water partition coefficient (Wildman–Crippen LogP) is 2.79. The number of hydrogen-bond acceptors (Lipinski definition) is 3. The van der Waals surface area contributed by atoms with Gasteiger partial charge in [0.25, 0.3) is 0 Å². The van der Waals surface area contributed by atoms with Gasteiger partial charge in [-0.15, -0.1) is 11.8 Å². The fraction of sp³-hybridized carbons (Fsp3) is 0.286. The molecule has 0 saturated heterocycles. The molecule has 1 aromatic rings. The fourth-order valence-corrected chi connectivity index (χ4v) is 2.88. The number of ketones is 1. The lowest BCUT2D eigenvalue weighted by Crippen LogP contribution is -2.00. The maximum absolute atomic E-state index is 11.4. The van der Waals surface area contributed by atoms with Crippen molar-refractivity contribution in [3.05, 3.63) is 46.4 Å². The van der Waals surface area contributed by atoms with Crippen molar-refractivity contribution in [3.63, 3.8) is 0 Å². The maximum atomic E-state index is 11.4. The molecule has 0 aliphatic heterocycles. The summed E-state index contributed by atoms with van der Waals surface area (Å²) < 4.78 is 0. The van der Waals surface area contributed by atoms with Gasteiger partial charge in [-0.05, 0) is 17.5 Å².